The van der Waals surface area contributed by atoms with Gasteiger partial charge in [0.1, 0.15) is 6.17 Å². The van der Waals surface area contributed by atoms with E-state index < -0.39 is 21.9 Å². The minimum Gasteiger partial charge on any atom is -0.242 e. The predicted molar refractivity (Wildman–Crippen MR) is 107 cm³/mol. The summed E-state index contributed by atoms with van der Waals surface area (Å²) in [6, 6.07) is 26.9. The van der Waals surface area contributed by atoms with Crippen LogP contribution in [0, 0.1) is 5.92 Å². The van der Waals surface area contributed by atoms with E-state index in [4.69, 9.17) is 0 Å². The van der Waals surface area contributed by atoms with Gasteiger partial charge in [0, 0.05) is 5.92 Å². The molecule has 0 amide bonds. The highest BCUT2D eigenvalue weighted by Crippen LogP contribution is 2.32. The molecule has 0 saturated heterocycles. The van der Waals surface area contributed by atoms with Crippen molar-refractivity contribution < 1.29 is 12.8 Å². The molecular weight excluding hydrogens is 359 g/mol. The molecular formula is C23H23FO2S. The van der Waals surface area contributed by atoms with Crippen LogP contribution in [0.4, 0.5) is 4.39 Å². The molecule has 2 atom stereocenters. The summed E-state index contributed by atoms with van der Waals surface area (Å²) in [7, 11) is -3.56. The van der Waals surface area contributed by atoms with Gasteiger partial charge in [0.05, 0.1) is 10.6 Å². The van der Waals surface area contributed by atoms with Crippen molar-refractivity contribution in [3.8, 4) is 0 Å². The molecule has 0 aliphatic rings. The molecule has 0 aromatic heterocycles. The van der Waals surface area contributed by atoms with E-state index in [0.717, 1.165) is 5.56 Å². The van der Waals surface area contributed by atoms with Crippen molar-refractivity contribution in [1.82, 2.24) is 0 Å². The first kappa shape index (κ1) is 19.3. The molecule has 0 unspecified atom stereocenters. The lowest BCUT2D eigenvalue weighted by molar-refractivity contribution is 0.237. The van der Waals surface area contributed by atoms with Crippen LogP contribution < -0.4 is 0 Å². The molecule has 0 saturated carbocycles. The Balaban J connectivity index is 1.82. The van der Waals surface area contributed by atoms with E-state index in [2.05, 4.69) is 0 Å². The lowest BCUT2D eigenvalue weighted by Crippen LogP contribution is -2.21. The SMILES string of the molecule is O=S(=O)(C[C@H](CCc1ccccc1)[C@@H](F)c1ccccc1)c1ccccc1. The average Bonchev–Trinajstić information content (AvgIpc) is 2.72. The Labute approximate surface area is 160 Å². The molecule has 0 aliphatic carbocycles. The van der Waals surface area contributed by atoms with Gasteiger partial charge in [0.15, 0.2) is 9.84 Å². The zero-order valence-electron chi connectivity index (χ0n) is 15.0. The predicted octanol–water partition coefficient (Wildman–Crippen LogP) is 5.42. The van der Waals surface area contributed by atoms with Crippen LogP contribution in [0.15, 0.2) is 95.9 Å². The van der Waals surface area contributed by atoms with Crippen LogP contribution in [0.5, 0.6) is 0 Å². The van der Waals surface area contributed by atoms with Gasteiger partial charge in [-0.05, 0) is 36.1 Å². The van der Waals surface area contributed by atoms with Crippen molar-refractivity contribution in [3.05, 3.63) is 102 Å². The number of hydrogen-bond acceptors (Lipinski definition) is 2. The van der Waals surface area contributed by atoms with E-state index in [1.165, 1.54) is 0 Å². The van der Waals surface area contributed by atoms with Crippen molar-refractivity contribution in [2.75, 3.05) is 5.75 Å². The molecule has 140 valence electrons. The van der Waals surface area contributed by atoms with E-state index in [0.29, 0.717) is 18.4 Å². The Bertz CT molecular complexity index is 926. The van der Waals surface area contributed by atoms with Gasteiger partial charge in [-0.3, -0.25) is 0 Å². The lowest BCUT2D eigenvalue weighted by atomic mass is 9.92. The fraction of sp³-hybridized carbons (Fsp3) is 0.217. The summed E-state index contributed by atoms with van der Waals surface area (Å²) in [5.74, 6) is -0.822. The molecule has 0 radical (unpaired) electrons. The Morgan fingerprint density at radius 2 is 1.26 bits per heavy atom. The summed E-state index contributed by atoms with van der Waals surface area (Å²) < 4.78 is 40.9. The fourth-order valence-corrected chi connectivity index (χ4v) is 4.89. The summed E-state index contributed by atoms with van der Waals surface area (Å²) in [6.07, 6.45) is -0.219. The van der Waals surface area contributed by atoms with Crippen molar-refractivity contribution in [3.63, 3.8) is 0 Å². The highest BCUT2D eigenvalue weighted by atomic mass is 32.2. The molecule has 3 rings (SSSR count). The third-order valence-corrected chi connectivity index (χ3v) is 6.57. The first-order chi connectivity index (χ1) is 13.1. The van der Waals surface area contributed by atoms with E-state index >= 15 is 4.39 Å². The lowest BCUT2D eigenvalue weighted by Gasteiger charge is -2.22. The number of alkyl halides is 1. The maximum absolute atomic E-state index is 15.3. The number of hydrogen-bond donors (Lipinski definition) is 0. The van der Waals surface area contributed by atoms with Crippen LogP contribution in [0.25, 0.3) is 0 Å². The van der Waals surface area contributed by atoms with Gasteiger partial charge in [-0.25, -0.2) is 12.8 Å². The summed E-state index contributed by atoms with van der Waals surface area (Å²) in [5.41, 5.74) is 1.61. The Morgan fingerprint density at radius 3 is 1.85 bits per heavy atom. The van der Waals surface area contributed by atoms with Gasteiger partial charge in [0.25, 0.3) is 0 Å². The zero-order valence-corrected chi connectivity index (χ0v) is 15.9. The molecule has 3 aromatic rings. The Hall–Kier alpha value is -2.46. The quantitative estimate of drug-likeness (QED) is 0.521. The van der Waals surface area contributed by atoms with Crippen molar-refractivity contribution in [2.45, 2.75) is 23.9 Å². The molecule has 0 bridgehead atoms. The summed E-state index contributed by atoms with van der Waals surface area (Å²) in [4.78, 5) is 0.245. The van der Waals surface area contributed by atoms with Gasteiger partial charge in [-0.2, -0.15) is 0 Å². The van der Waals surface area contributed by atoms with Gasteiger partial charge < -0.3 is 0 Å². The van der Waals surface area contributed by atoms with E-state index in [1.807, 2.05) is 36.4 Å². The smallest absolute Gasteiger partial charge is 0.178 e. The normalized spacial score (nSPS) is 13.8. The fourth-order valence-electron chi connectivity index (χ4n) is 3.23. The molecule has 0 N–H and O–H groups in total. The Kier molecular flexibility index (Phi) is 6.40. The average molecular weight is 383 g/mol. The summed E-state index contributed by atoms with van der Waals surface area (Å²) >= 11 is 0. The second kappa shape index (κ2) is 8.96. The molecule has 27 heavy (non-hydrogen) atoms. The molecule has 2 nitrogen and oxygen atoms in total. The Morgan fingerprint density at radius 1 is 0.741 bits per heavy atom. The van der Waals surface area contributed by atoms with Gasteiger partial charge in [-0.1, -0.05) is 78.9 Å². The van der Waals surface area contributed by atoms with Crippen LogP contribution in [0.2, 0.25) is 0 Å². The standard InChI is InChI=1S/C23H23FO2S/c24-23(20-12-6-2-7-13-20)21(17-16-19-10-4-1-5-11-19)18-27(25,26)22-14-8-3-9-15-22/h1-15,21,23H,16-18H2/t21-,23-/m0/s1. The summed E-state index contributed by atoms with van der Waals surface area (Å²) in [5, 5.41) is 0. The number of sulfone groups is 1. The van der Waals surface area contributed by atoms with Gasteiger partial charge >= 0.3 is 0 Å². The molecule has 3 aromatic carbocycles. The van der Waals surface area contributed by atoms with Crippen LogP contribution in [0.1, 0.15) is 23.7 Å². The van der Waals surface area contributed by atoms with Crippen LogP contribution in [-0.4, -0.2) is 14.2 Å². The molecule has 0 fully saturated rings. The monoisotopic (exact) mass is 382 g/mol. The van der Waals surface area contributed by atoms with E-state index in [9.17, 15) is 8.42 Å². The molecule has 0 spiro atoms. The van der Waals surface area contributed by atoms with Crippen molar-refractivity contribution >= 4 is 9.84 Å². The number of halogens is 1. The number of benzene rings is 3. The number of rotatable bonds is 8. The first-order valence-electron chi connectivity index (χ1n) is 9.07. The second-order valence-electron chi connectivity index (χ2n) is 6.69. The maximum Gasteiger partial charge on any atom is 0.178 e. The first-order valence-corrected chi connectivity index (χ1v) is 10.7. The third-order valence-electron chi connectivity index (χ3n) is 4.71. The zero-order chi connectivity index (χ0) is 19.1. The molecule has 0 heterocycles. The van der Waals surface area contributed by atoms with Crippen molar-refractivity contribution in [2.24, 2.45) is 5.92 Å². The number of aryl methyl sites for hydroxylation is 1. The highest BCUT2D eigenvalue weighted by Gasteiger charge is 2.29. The van der Waals surface area contributed by atoms with E-state index in [-0.39, 0.29) is 10.6 Å². The molecule has 4 heteroatoms. The van der Waals surface area contributed by atoms with Gasteiger partial charge in [0.2, 0.25) is 0 Å². The van der Waals surface area contributed by atoms with Gasteiger partial charge in [-0.15, -0.1) is 0 Å². The van der Waals surface area contributed by atoms with Crippen LogP contribution in [-0.2, 0) is 16.3 Å². The van der Waals surface area contributed by atoms with Crippen LogP contribution >= 0.6 is 0 Å². The molecule has 0 aliphatic heterocycles. The maximum atomic E-state index is 15.3. The van der Waals surface area contributed by atoms with Crippen molar-refractivity contribution in [1.29, 1.82) is 0 Å². The second-order valence-corrected chi connectivity index (χ2v) is 8.73. The highest BCUT2D eigenvalue weighted by molar-refractivity contribution is 7.91. The minimum absolute atomic E-state index is 0.208. The topological polar surface area (TPSA) is 34.1 Å². The summed E-state index contributed by atoms with van der Waals surface area (Å²) in [6.45, 7) is 0. The largest absolute Gasteiger partial charge is 0.242 e. The minimum atomic E-state index is -3.56. The van der Waals surface area contributed by atoms with Crippen LogP contribution in [0.3, 0.4) is 0 Å². The van der Waals surface area contributed by atoms with E-state index in [1.54, 1.807) is 54.6 Å². The third kappa shape index (κ3) is 5.27.